The Morgan fingerprint density at radius 3 is 2.15 bits per heavy atom. The first-order chi connectivity index (χ1) is 6.06. The molecule has 0 spiro atoms. The van der Waals surface area contributed by atoms with Gasteiger partial charge in [-0.15, -0.1) is 0 Å². The van der Waals surface area contributed by atoms with Gasteiger partial charge in [-0.25, -0.2) is 4.79 Å². The molecule has 0 radical (unpaired) electrons. The van der Waals surface area contributed by atoms with E-state index in [1.54, 1.807) is 0 Å². The van der Waals surface area contributed by atoms with Gasteiger partial charge in [-0.1, -0.05) is 0 Å². The molecule has 0 heterocycles. The molecule has 1 aromatic rings. The Morgan fingerprint density at radius 2 is 1.85 bits per heavy atom. The van der Waals surface area contributed by atoms with E-state index in [0.29, 0.717) is 12.8 Å². The number of halogens is 2. The average Bonchev–Trinajstić information content (AvgIpc) is 2.03. The van der Waals surface area contributed by atoms with E-state index in [1.165, 1.54) is 12.1 Å². The molecule has 0 aliphatic carbocycles. The van der Waals surface area contributed by atoms with Gasteiger partial charge in [-0.3, -0.25) is 0 Å². The maximum absolute atomic E-state index is 10.6. The standard InChI is InChI=1S/C7H2I2N2O2/c8-4-1-3(7(12)13)2-5(9)6(4)11-10/h1-2H/p+1. The third kappa shape index (κ3) is 2.28. The van der Waals surface area contributed by atoms with Crippen molar-refractivity contribution in [3.8, 4) is 0 Å². The topological polar surface area (TPSA) is 65.5 Å². The molecular formula is C7H3I2N2O2+. The average molecular weight is 401 g/mol. The Morgan fingerprint density at radius 1 is 1.38 bits per heavy atom. The number of carboxylic acid groups (broad SMARTS) is 1. The quantitative estimate of drug-likeness (QED) is 0.582. The predicted octanol–water partition coefficient (Wildman–Crippen LogP) is 3.08. The predicted molar refractivity (Wildman–Crippen MR) is 63.6 cm³/mol. The molecule has 1 N–H and O–H groups in total. The van der Waals surface area contributed by atoms with Crippen molar-refractivity contribution in [1.29, 1.82) is 5.39 Å². The van der Waals surface area contributed by atoms with Crippen LogP contribution in [-0.4, -0.2) is 11.1 Å². The molecule has 0 aliphatic rings. The summed E-state index contributed by atoms with van der Waals surface area (Å²) in [4.78, 5) is 13.7. The van der Waals surface area contributed by atoms with Crippen molar-refractivity contribution in [1.82, 2.24) is 0 Å². The minimum Gasteiger partial charge on any atom is -0.478 e. The molecule has 0 aliphatic heterocycles. The molecule has 0 fully saturated rings. The van der Waals surface area contributed by atoms with Crippen LogP contribution >= 0.6 is 45.2 Å². The molecule has 0 atom stereocenters. The van der Waals surface area contributed by atoms with Crippen LogP contribution < -0.4 is 0 Å². The lowest BCUT2D eigenvalue weighted by Crippen LogP contribution is -1.97. The largest absolute Gasteiger partial charge is 0.478 e. The molecule has 0 unspecified atom stereocenters. The van der Waals surface area contributed by atoms with Gasteiger partial charge in [0.25, 0.3) is 0 Å². The molecule has 0 saturated carbocycles. The fraction of sp³-hybridized carbons (Fsp3) is 0. The normalized spacial score (nSPS) is 9.31. The minimum atomic E-state index is -0.986. The third-order valence-electron chi connectivity index (χ3n) is 1.36. The number of diazo groups is 1. The first kappa shape index (κ1) is 10.6. The molecule has 0 saturated heterocycles. The number of carbonyl (C=O) groups is 1. The molecule has 0 amide bonds. The molecule has 1 rings (SSSR count). The fourth-order valence-electron chi connectivity index (χ4n) is 0.785. The van der Waals surface area contributed by atoms with Crippen molar-refractivity contribution >= 4 is 56.8 Å². The first-order valence-electron chi connectivity index (χ1n) is 3.13. The van der Waals surface area contributed by atoms with Crippen molar-refractivity contribution in [2.24, 2.45) is 0 Å². The highest BCUT2D eigenvalue weighted by atomic mass is 127. The summed E-state index contributed by atoms with van der Waals surface area (Å²) < 4.78 is 1.23. The van der Waals surface area contributed by atoms with Crippen molar-refractivity contribution < 1.29 is 9.90 Å². The van der Waals surface area contributed by atoms with E-state index >= 15 is 0 Å². The number of hydrogen-bond acceptors (Lipinski definition) is 2. The lowest BCUT2D eigenvalue weighted by atomic mass is 10.2. The van der Waals surface area contributed by atoms with Gasteiger partial charge in [0.1, 0.15) is 7.14 Å². The van der Waals surface area contributed by atoms with E-state index in [0.717, 1.165) is 0 Å². The Hall–Kier alpha value is -0.430. The van der Waals surface area contributed by atoms with Crippen molar-refractivity contribution in [2.45, 2.75) is 0 Å². The molecule has 0 bridgehead atoms. The maximum Gasteiger partial charge on any atom is 0.411 e. The monoisotopic (exact) mass is 401 g/mol. The number of carboxylic acids is 1. The van der Waals surface area contributed by atoms with E-state index < -0.39 is 5.97 Å². The Labute approximate surface area is 101 Å². The van der Waals surface area contributed by atoms with Crippen LogP contribution in [0.2, 0.25) is 0 Å². The Balaban J connectivity index is 3.39. The number of hydrogen-bond donors (Lipinski definition) is 1. The molecule has 0 aromatic heterocycles. The second kappa shape index (κ2) is 4.19. The van der Waals surface area contributed by atoms with Gasteiger partial charge in [0.2, 0.25) is 5.39 Å². The van der Waals surface area contributed by atoms with Crippen LogP contribution in [-0.2, 0) is 0 Å². The van der Waals surface area contributed by atoms with E-state index in [4.69, 9.17) is 10.5 Å². The van der Waals surface area contributed by atoms with Crippen molar-refractivity contribution in [3.05, 3.63) is 29.8 Å². The zero-order chi connectivity index (χ0) is 10.0. The second-order valence-corrected chi connectivity index (χ2v) is 4.52. The van der Waals surface area contributed by atoms with Gasteiger partial charge >= 0.3 is 11.7 Å². The summed E-state index contributed by atoms with van der Waals surface area (Å²) in [6.45, 7) is 0. The molecule has 1 aromatic carbocycles. The van der Waals surface area contributed by atoms with Gasteiger partial charge in [0.15, 0.2) is 4.98 Å². The van der Waals surface area contributed by atoms with Crippen LogP contribution in [0, 0.1) is 12.5 Å². The fourth-order valence-corrected chi connectivity index (χ4v) is 2.77. The highest BCUT2D eigenvalue weighted by Crippen LogP contribution is 2.28. The number of aromatic carboxylic acids is 1. The molecule has 66 valence electrons. The highest BCUT2D eigenvalue weighted by molar-refractivity contribution is 14.1. The summed E-state index contributed by atoms with van der Waals surface area (Å²) in [6, 6.07) is 2.92. The summed E-state index contributed by atoms with van der Waals surface area (Å²) in [5.74, 6) is -0.986. The van der Waals surface area contributed by atoms with Crippen LogP contribution in [0.1, 0.15) is 10.4 Å². The van der Waals surface area contributed by atoms with E-state index in [2.05, 4.69) is 4.98 Å². The summed E-state index contributed by atoms with van der Waals surface area (Å²) in [5.41, 5.74) is 0.604. The number of benzene rings is 1. The zero-order valence-electron chi connectivity index (χ0n) is 6.16. The van der Waals surface area contributed by atoms with Crippen LogP contribution in [0.15, 0.2) is 12.1 Å². The van der Waals surface area contributed by atoms with Gasteiger partial charge in [0.05, 0.1) is 5.56 Å². The lowest BCUT2D eigenvalue weighted by molar-refractivity contribution is 0.0697. The smallest absolute Gasteiger partial charge is 0.411 e. The van der Waals surface area contributed by atoms with Crippen LogP contribution in [0.25, 0.3) is 4.98 Å². The minimum absolute atomic E-state index is 0.196. The van der Waals surface area contributed by atoms with Crippen LogP contribution in [0.3, 0.4) is 0 Å². The van der Waals surface area contributed by atoms with Crippen molar-refractivity contribution in [3.63, 3.8) is 0 Å². The SMILES string of the molecule is N#[N+]c1c(I)cc(C(=O)O)cc1I. The summed E-state index contributed by atoms with van der Waals surface area (Å²) in [6.07, 6.45) is 0. The van der Waals surface area contributed by atoms with E-state index in [-0.39, 0.29) is 5.56 Å². The number of rotatable bonds is 1. The summed E-state index contributed by atoms with van der Waals surface area (Å²) >= 11 is 3.85. The van der Waals surface area contributed by atoms with Gasteiger partial charge in [-0.2, -0.15) is 0 Å². The van der Waals surface area contributed by atoms with E-state index in [9.17, 15) is 4.79 Å². The molecule has 13 heavy (non-hydrogen) atoms. The highest BCUT2D eigenvalue weighted by Gasteiger charge is 2.19. The van der Waals surface area contributed by atoms with Gasteiger partial charge < -0.3 is 5.11 Å². The maximum atomic E-state index is 10.6. The summed E-state index contributed by atoms with van der Waals surface area (Å²) in [5, 5.41) is 17.3. The van der Waals surface area contributed by atoms with Gasteiger partial charge in [0, 0.05) is 0 Å². The molecule has 4 nitrogen and oxygen atoms in total. The van der Waals surface area contributed by atoms with Crippen LogP contribution in [0.5, 0.6) is 0 Å². The Kier molecular flexibility index (Phi) is 3.43. The molecule has 6 heteroatoms. The number of nitrogens with zero attached hydrogens (tertiary/aromatic N) is 2. The molecular weight excluding hydrogens is 398 g/mol. The lowest BCUT2D eigenvalue weighted by Gasteiger charge is -1.94. The summed E-state index contributed by atoms with van der Waals surface area (Å²) in [7, 11) is 0. The first-order valence-corrected chi connectivity index (χ1v) is 5.29. The third-order valence-corrected chi connectivity index (χ3v) is 3.01. The van der Waals surface area contributed by atoms with E-state index in [1.807, 2.05) is 45.2 Å². The zero-order valence-corrected chi connectivity index (χ0v) is 10.5. The Bertz CT molecular complexity index is 388. The second-order valence-electron chi connectivity index (χ2n) is 2.19. The van der Waals surface area contributed by atoms with Crippen LogP contribution in [0.4, 0.5) is 5.69 Å². The van der Waals surface area contributed by atoms with Gasteiger partial charge in [-0.05, 0) is 57.3 Å². The van der Waals surface area contributed by atoms with Crippen molar-refractivity contribution in [2.75, 3.05) is 0 Å².